The Hall–Kier alpha value is -3.36. The summed E-state index contributed by atoms with van der Waals surface area (Å²) >= 11 is 4.08. The summed E-state index contributed by atoms with van der Waals surface area (Å²) in [5, 5.41) is 26.2. The Morgan fingerprint density at radius 3 is 1.97 bits per heavy atom. The summed E-state index contributed by atoms with van der Waals surface area (Å²) in [6, 6.07) is 1.32. The zero-order chi connectivity index (χ0) is 28.0. The smallest absolute Gasteiger partial charge is 0.326 e. The number of nitrogens with two attached hydrogens (primary N) is 3. The number of primary amides is 1. The molecule has 13 nitrogen and oxygen atoms in total. The number of nitrogens with one attached hydrogen (secondary N) is 3. The molecule has 0 radical (unpaired) electrons. The van der Waals surface area contributed by atoms with Crippen molar-refractivity contribution in [3.63, 3.8) is 0 Å². The number of hydrogen-bond donors (Lipinski definition) is 9. The molecule has 11 N–H and O–H groups in total. The van der Waals surface area contributed by atoms with Gasteiger partial charge in [0.25, 0.3) is 0 Å². The van der Waals surface area contributed by atoms with Crippen molar-refractivity contribution in [2.24, 2.45) is 17.2 Å². The maximum absolute atomic E-state index is 13.1. The molecule has 0 bridgehead atoms. The highest BCUT2D eigenvalue weighted by Gasteiger charge is 2.30. The minimum atomic E-state index is -1.40. The van der Waals surface area contributed by atoms with Crippen LogP contribution >= 0.6 is 12.6 Å². The summed E-state index contributed by atoms with van der Waals surface area (Å²) in [4.78, 5) is 60.9. The lowest BCUT2D eigenvalue weighted by Gasteiger charge is -2.24. The maximum Gasteiger partial charge on any atom is 0.326 e. The molecule has 37 heavy (non-hydrogen) atoms. The van der Waals surface area contributed by atoms with E-state index in [9.17, 15) is 34.2 Å². The topological polar surface area (TPSA) is 240 Å². The van der Waals surface area contributed by atoms with E-state index in [2.05, 4.69) is 28.6 Å². The van der Waals surface area contributed by atoms with Gasteiger partial charge in [0.2, 0.25) is 23.6 Å². The van der Waals surface area contributed by atoms with Crippen LogP contribution in [-0.4, -0.2) is 76.3 Å². The summed E-state index contributed by atoms with van der Waals surface area (Å²) in [6.07, 6.45) is 1.20. The number of phenolic OH excluding ortho intramolecular Hbond substituents is 1. The van der Waals surface area contributed by atoms with Gasteiger partial charge in [-0.25, -0.2) is 4.79 Å². The predicted molar refractivity (Wildman–Crippen MR) is 138 cm³/mol. The molecule has 0 heterocycles. The molecule has 0 aliphatic carbocycles. The fourth-order valence-electron chi connectivity index (χ4n) is 3.28. The molecule has 0 aromatic heterocycles. The van der Waals surface area contributed by atoms with Crippen LogP contribution < -0.4 is 33.2 Å². The van der Waals surface area contributed by atoms with Crippen molar-refractivity contribution in [2.45, 2.75) is 62.7 Å². The first-order valence-corrected chi connectivity index (χ1v) is 12.4. The highest BCUT2D eigenvalue weighted by atomic mass is 32.1. The molecule has 4 unspecified atom stereocenters. The number of rotatable bonds is 17. The lowest BCUT2D eigenvalue weighted by atomic mass is 10.0. The molecule has 0 saturated heterocycles. The van der Waals surface area contributed by atoms with E-state index in [1.54, 1.807) is 12.1 Å². The van der Waals surface area contributed by atoms with Crippen molar-refractivity contribution in [3.05, 3.63) is 29.8 Å². The summed E-state index contributed by atoms with van der Waals surface area (Å²) < 4.78 is 0. The molecule has 4 amide bonds. The van der Waals surface area contributed by atoms with Gasteiger partial charge in [0.1, 0.15) is 23.9 Å². The van der Waals surface area contributed by atoms with Crippen LogP contribution in [0.4, 0.5) is 0 Å². The van der Waals surface area contributed by atoms with Crippen LogP contribution in [0.25, 0.3) is 0 Å². The average Bonchev–Trinajstić information content (AvgIpc) is 2.85. The van der Waals surface area contributed by atoms with Gasteiger partial charge in [-0.05, 0) is 43.5 Å². The average molecular weight is 541 g/mol. The molecule has 0 aliphatic rings. The quantitative estimate of drug-likeness (QED) is 0.0792. The summed E-state index contributed by atoms with van der Waals surface area (Å²) in [5.74, 6) is -4.40. The van der Waals surface area contributed by atoms with Crippen LogP contribution in [0.5, 0.6) is 5.75 Å². The first kappa shape index (κ1) is 31.7. The first-order valence-electron chi connectivity index (χ1n) is 11.7. The second-order valence-electron chi connectivity index (χ2n) is 8.47. The number of carboxylic acid groups (broad SMARTS) is 1. The third kappa shape index (κ3) is 11.9. The number of phenols is 1. The lowest BCUT2D eigenvalue weighted by Crippen LogP contribution is -2.58. The van der Waals surface area contributed by atoms with Crippen molar-refractivity contribution in [3.8, 4) is 5.75 Å². The van der Waals surface area contributed by atoms with E-state index in [0.29, 0.717) is 31.4 Å². The Labute approximate surface area is 220 Å². The Morgan fingerprint density at radius 2 is 1.43 bits per heavy atom. The van der Waals surface area contributed by atoms with E-state index in [0.717, 1.165) is 0 Å². The Kier molecular flexibility index (Phi) is 14.0. The zero-order valence-electron chi connectivity index (χ0n) is 20.4. The third-order valence-electron chi connectivity index (χ3n) is 5.42. The Morgan fingerprint density at radius 1 is 0.865 bits per heavy atom. The normalized spacial score (nSPS) is 14.0. The molecule has 1 aromatic carbocycles. The van der Waals surface area contributed by atoms with Crippen LogP contribution in [0.2, 0.25) is 0 Å². The summed E-state index contributed by atoms with van der Waals surface area (Å²) in [5.41, 5.74) is 17.1. The summed E-state index contributed by atoms with van der Waals surface area (Å²) in [6.45, 7) is 0.457. The van der Waals surface area contributed by atoms with Crippen LogP contribution in [-0.2, 0) is 30.4 Å². The molecular formula is C23H36N6O7S. The number of carbonyl (C=O) groups excluding carboxylic acids is 4. The number of aliphatic carboxylic acids is 1. The van der Waals surface area contributed by atoms with E-state index in [4.69, 9.17) is 17.2 Å². The fraction of sp³-hybridized carbons (Fsp3) is 0.522. The Bertz CT molecular complexity index is 931. The number of carboxylic acids is 1. The van der Waals surface area contributed by atoms with E-state index in [1.165, 1.54) is 12.1 Å². The van der Waals surface area contributed by atoms with Gasteiger partial charge in [-0.1, -0.05) is 18.6 Å². The molecule has 206 valence electrons. The van der Waals surface area contributed by atoms with Gasteiger partial charge in [-0.3, -0.25) is 19.2 Å². The van der Waals surface area contributed by atoms with Crippen molar-refractivity contribution in [1.29, 1.82) is 0 Å². The maximum atomic E-state index is 13.1. The highest BCUT2D eigenvalue weighted by molar-refractivity contribution is 7.80. The number of thiol groups is 1. The van der Waals surface area contributed by atoms with Crippen LogP contribution in [0.15, 0.2) is 24.3 Å². The highest BCUT2D eigenvalue weighted by Crippen LogP contribution is 2.12. The van der Waals surface area contributed by atoms with Gasteiger partial charge in [-0.2, -0.15) is 12.6 Å². The van der Waals surface area contributed by atoms with Gasteiger partial charge in [0.15, 0.2) is 0 Å². The molecule has 0 aliphatic heterocycles. The molecule has 14 heteroatoms. The Balaban J connectivity index is 2.98. The number of carbonyl (C=O) groups is 5. The molecular weight excluding hydrogens is 504 g/mol. The van der Waals surface area contributed by atoms with Gasteiger partial charge in [-0.15, -0.1) is 0 Å². The van der Waals surface area contributed by atoms with E-state index >= 15 is 0 Å². The number of aromatic hydroxyl groups is 1. The summed E-state index contributed by atoms with van der Waals surface area (Å²) in [7, 11) is 0. The van der Waals surface area contributed by atoms with Crippen LogP contribution in [0, 0.1) is 0 Å². The van der Waals surface area contributed by atoms with Crippen molar-refractivity contribution in [1.82, 2.24) is 16.0 Å². The number of amides is 4. The number of hydrogen-bond acceptors (Lipinski definition) is 9. The van der Waals surface area contributed by atoms with Crippen molar-refractivity contribution < 1.29 is 34.2 Å². The predicted octanol–water partition coefficient (Wildman–Crippen LogP) is -1.87. The molecule has 4 atom stereocenters. The van der Waals surface area contributed by atoms with Gasteiger partial charge in [0.05, 0.1) is 6.04 Å². The van der Waals surface area contributed by atoms with Gasteiger partial charge < -0.3 is 43.4 Å². The zero-order valence-corrected chi connectivity index (χ0v) is 21.3. The van der Waals surface area contributed by atoms with Gasteiger partial charge >= 0.3 is 5.97 Å². The van der Waals surface area contributed by atoms with Crippen LogP contribution in [0.1, 0.15) is 37.7 Å². The minimum absolute atomic E-state index is 0.0185. The third-order valence-corrected chi connectivity index (χ3v) is 5.79. The first-order chi connectivity index (χ1) is 17.5. The molecule has 0 saturated carbocycles. The van der Waals surface area contributed by atoms with Crippen LogP contribution in [0.3, 0.4) is 0 Å². The van der Waals surface area contributed by atoms with Gasteiger partial charge in [0, 0.05) is 18.6 Å². The fourth-order valence-corrected chi connectivity index (χ4v) is 3.54. The number of unbranched alkanes of at least 4 members (excludes halogenated alkanes) is 1. The van der Waals surface area contributed by atoms with E-state index in [1.807, 2.05) is 0 Å². The number of benzene rings is 1. The minimum Gasteiger partial charge on any atom is -0.508 e. The monoisotopic (exact) mass is 540 g/mol. The van der Waals surface area contributed by atoms with E-state index < -0.39 is 53.8 Å². The van der Waals surface area contributed by atoms with E-state index in [-0.39, 0.29) is 30.8 Å². The molecule has 1 rings (SSSR count). The molecule has 1 aromatic rings. The second-order valence-corrected chi connectivity index (χ2v) is 8.84. The van der Waals surface area contributed by atoms with Crippen molar-refractivity contribution >= 4 is 42.2 Å². The SMILES string of the molecule is NCCCCC(N)C(=O)NC(Cc1ccc(O)cc1)C(=O)NC(CS)C(=O)NC(CCC(N)=O)C(=O)O. The van der Waals surface area contributed by atoms with Crippen molar-refractivity contribution in [2.75, 3.05) is 12.3 Å². The standard InChI is InChI=1S/C23H36N6O7S/c24-10-2-1-3-15(25)20(32)28-17(11-13-4-6-14(30)7-5-13)21(33)29-18(12-37)22(34)27-16(23(35)36)8-9-19(26)31/h4-7,15-18,30,37H,1-3,8-12,24-25H2,(H2,26,31)(H,27,34)(H,28,32)(H,29,33)(H,35,36). The largest absolute Gasteiger partial charge is 0.508 e. The lowest BCUT2D eigenvalue weighted by molar-refractivity contribution is -0.142. The molecule has 0 fully saturated rings. The second kappa shape index (κ2) is 16.4. The molecule has 0 spiro atoms.